The van der Waals surface area contributed by atoms with Crippen LogP contribution in [0.15, 0.2) is 54.6 Å². The van der Waals surface area contributed by atoms with Crippen molar-refractivity contribution in [3.05, 3.63) is 71.3 Å². The van der Waals surface area contributed by atoms with Gasteiger partial charge in [0, 0.05) is 31.2 Å². The molecule has 35 heavy (non-hydrogen) atoms. The van der Waals surface area contributed by atoms with Gasteiger partial charge in [-0.1, -0.05) is 80.8 Å². The number of esters is 1. The summed E-state index contributed by atoms with van der Waals surface area (Å²) in [6.07, 6.45) is 11.8. The molecule has 2 heterocycles. The van der Waals surface area contributed by atoms with Crippen molar-refractivity contribution in [1.82, 2.24) is 0 Å². The van der Waals surface area contributed by atoms with Gasteiger partial charge in [0.05, 0.1) is 25.0 Å². The molecule has 5 rings (SSSR count). The minimum Gasteiger partial charge on any atom is -1.00 e. The van der Waals surface area contributed by atoms with E-state index >= 15 is 0 Å². The Balaban J connectivity index is 0.00000289. The first-order chi connectivity index (χ1) is 16.6. The minimum absolute atomic E-state index is 0. The summed E-state index contributed by atoms with van der Waals surface area (Å²) in [7, 11) is 2.45. The van der Waals surface area contributed by atoms with E-state index in [9.17, 15) is 4.79 Å². The fourth-order valence-corrected chi connectivity index (χ4v) is 7.29. The molecule has 1 aliphatic carbocycles. The highest BCUT2D eigenvalue weighted by Crippen LogP contribution is 2.44. The van der Waals surface area contributed by atoms with Crippen LogP contribution in [0.5, 0.6) is 0 Å². The van der Waals surface area contributed by atoms with Gasteiger partial charge in [0.25, 0.3) is 0 Å². The lowest BCUT2D eigenvalue weighted by molar-refractivity contribution is -0.961. The molecule has 3 unspecified atom stereocenters. The van der Waals surface area contributed by atoms with Crippen molar-refractivity contribution >= 4 is 5.97 Å². The van der Waals surface area contributed by atoms with E-state index in [0.717, 1.165) is 48.7 Å². The van der Waals surface area contributed by atoms with Gasteiger partial charge in [-0.3, -0.25) is 4.79 Å². The molecule has 2 bridgehead atoms. The third-order valence-electron chi connectivity index (χ3n) is 9.34. The first kappa shape index (κ1) is 26.4. The zero-order valence-electron chi connectivity index (χ0n) is 21.5. The predicted molar refractivity (Wildman–Crippen MR) is 137 cm³/mol. The molecule has 3 nitrogen and oxygen atoms in total. The largest absolute Gasteiger partial charge is 1.00 e. The van der Waals surface area contributed by atoms with Gasteiger partial charge in [-0.2, -0.15) is 0 Å². The number of carbonyl (C=O) groups is 1. The zero-order chi connectivity index (χ0) is 23.5. The summed E-state index contributed by atoms with van der Waals surface area (Å²) in [6.45, 7) is 3.31. The Labute approximate surface area is 222 Å². The maximum atomic E-state index is 13.6. The first-order valence-electron chi connectivity index (χ1n) is 13.7. The average molecular weight is 541 g/mol. The molecule has 0 spiro atoms. The lowest BCUT2D eigenvalue weighted by atomic mass is 9.77. The molecule has 0 aromatic heterocycles. The molecule has 2 saturated heterocycles. The van der Waals surface area contributed by atoms with Gasteiger partial charge in [-0.15, -0.1) is 0 Å². The van der Waals surface area contributed by atoms with Crippen LogP contribution in [0.1, 0.15) is 87.3 Å². The van der Waals surface area contributed by atoms with E-state index in [1.54, 1.807) is 0 Å². The summed E-state index contributed by atoms with van der Waals surface area (Å²) in [4.78, 5) is 13.6. The van der Waals surface area contributed by atoms with Crippen molar-refractivity contribution in [2.45, 2.75) is 102 Å². The third-order valence-corrected chi connectivity index (χ3v) is 9.34. The van der Waals surface area contributed by atoms with E-state index in [4.69, 9.17) is 4.74 Å². The van der Waals surface area contributed by atoms with Gasteiger partial charge in [-0.25, -0.2) is 0 Å². The molecule has 190 valence electrons. The zero-order valence-corrected chi connectivity index (χ0v) is 23.1. The Kier molecular flexibility index (Phi) is 8.76. The van der Waals surface area contributed by atoms with Crippen LogP contribution in [-0.2, 0) is 22.5 Å². The number of fused-ring (bicyclic) bond motifs is 2. The van der Waals surface area contributed by atoms with Crippen LogP contribution in [0.3, 0.4) is 0 Å². The quantitative estimate of drug-likeness (QED) is 0.395. The number of rotatable bonds is 7. The first-order valence-corrected chi connectivity index (χ1v) is 13.7. The monoisotopic (exact) mass is 539 g/mol. The number of piperidine rings is 1. The van der Waals surface area contributed by atoms with Crippen LogP contribution in [0.25, 0.3) is 0 Å². The van der Waals surface area contributed by atoms with Crippen molar-refractivity contribution in [3.63, 3.8) is 0 Å². The molecule has 0 N–H and O–H groups in total. The number of halogens is 1. The Morgan fingerprint density at radius 2 is 1.49 bits per heavy atom. The second-order valence-electron chi connectivity index (χ2n) is 11.4. The van der Waals surface area contributed by atoms with Crippen LogP contribution in [0.4, 0.5) is 0 Å². The molecule has 4 heteroatoms. The molecule has 3 fully saturated rings. The van der Waals surface area contributed by atoms with Crippen LogP contribution in [0.2, 0.25) is 0 Å². The summed E-state index contributed by atoms with van der Waals surface area (Å²) in [6, 6.07) is 20.8. The molecule has 2 aromatic rings. The Bertz CT molecular complexity index is 940. The van der Waals surface area contributed by atoms with Crippen LogP contribution >= 0.6 is 0 Å². The fraction of sp³-hybridized carbons (Fsp3) is 0.581. The number of nitrogens with zero attached hydrogens (tertiary/aromatic N) is 1. The van der Waals surface area contributed by atoms with E-state index in [1.165, 1.54) is 43.2 Å². The van der Waals surface area contributed by atoms with Crippen LogP contribution in [-0.4, -0.2) is 35.7 Å². The number of hydrogen-bond acceptors (Lipinski definition) is 2. The van der Waals surface area contributed by atoms with E-state index in [-0.39, 0.29) is 35.0 Å². The van der Waals surface area contributed by atoms with E-state index in [2.05, 4.69) is 62.5 Å². The number of aryl methyl sites for hydroxylation is 1. The van der Waals surface area contributed by atoms with Crippen molar-refractivity contribution in [3.8, 4) is 0 Å². The van der Waals surface area contributed by atoms with E-state index < -0.39 is 0 Å². The maximum absolute atomic E-state index is 13.6. The molecule has 0 amide bonds. The molecule has 5 atom stereocenters. The van der Waals surface area contributed by atoms with Gasteiger partial charge in [-0.05, 0) is 36.3 Å². The highest BCUT2D eigenvalue weighted by Gasteiger charge is 2.52. The van der Waals surface area contributed by atoms with Gasteiger partial charge in [0.1, 0.15) is 12.6 Å². The highest BCUT2D eigenvalue weighted by atomic mass is 79.9. The normalized spacial score (nSPS) is 29.3. The summed E-state index contributed by atoms with van der Waals surface area (Å²) < 4.78 is 7.48. The summed E-state index contributed by atoms with van der Waals surface area (Å²) in [5, 5.41) is 0. The standard InChI is InChI=1S/C31H42NO2.BrH/c1-3-23-14-16-24(17-15-23)22-32(2)27-18-19-28(32)21-29(20-27)34-31(33)30(25-10-6-4-7-11-25)26-12-8-5-9-13-26;/h4,6-7,10-11,14-17,26-30H,3,5,8-9,12-13,18-22H2,1-2H3;1H/q+1;/p-1/t27-,28+,29?,30?,32?;. The Hall–Kier alpha value is -1.65. The topological polar surface area (TPSA) is 26.3 Å². The van der Waals surface area contributed by atoms with Gasteiger partial charge >= 0.3 is 5.97 Å². The SMILES string of the molecule is CCc1ccc(C[N+]2(C)[C@@H]3CC[C@H]2CC(OC(=O)C(c2ccccc2)C2CCCCC2)C3)cc1.[Br-]. The van der Waals surface area contributed by atoms with Crippen molar-refractivity contribution in [2.75, 3.05) is 7.05 Å². The fourth-order valence-electron chi connectivity index (χ4n) is 7.29. The average Bonchev–Trinajstić information content (AvgIpc) is 3.02. The molecular formula is C31H42BrNO2. The van der Waals surface area contributed by atoms with E-state index in [0.29, 0.717) is 18.0 Å². The number of hydrogen-bond donors (Lipinski definition) is 0. The molecule has 3 aliphatic rings. The number of benzene rings is 2. The summed E-state index contributed by atoms with van der Waals surface area (Å²) in [5.74, 6) is 0.365. The lowest BCUT2D eigenvalue weighted by Gasteiger charge is -2.47. The van der Waals surface area contributed by atoms with Gasteiger partial charge in [0.2, 0.25) is 0 Å². The lowest BCUT2D eigenvalue weighted by Crippen LogP contribution is -3.00. The second kappa shape index (κ2) is 11.6. The smallest absolute Gasteiger partial charge is 0.313 e. The molecule has 1 saturated carbocycles. The van der Waals surface area contributed by atoms with E-state index in [1.807, 2.05) is 6.07 Å². The number of quaternary nitrogens is 1. The van der Waals surface area contributed by atoms with Crippen molar-refractivity contribution in [1.29, 1.82) is 0 Å². The van der Waals surface area contributed by atoms with Crippen molar-refractivity contribution in [2.24, 2.45) is 5.92 Å². The molecular weight excluding hydrogens is 498 g/mol. The molecule has 2 aliphatic heterocycles. The van der Waals surface area contributed by atoms with Gasteiger partial charge < -0.3 is 26.2 Å². The minimum atomic E-state index is -0.0981. The maximum Gasteiger partial charge on any atom is 0.313 e. The summed E-state index contributed by atoms with van der Waals surface area (Å²) >= 11 is 0. The van der Waals surface area contributed by atoms with Crippen LogP contribution < -0.4 is 17.0 Å². The number of ether oxygens (including phenoxy) is 1. The van der Waals surface area contributed by atoms with Crippen LogP contribution in [0, 0.1) is 5.92 Å². The molecule has 2 aromatic carbocycles. The number of carbonyl (C=O) groups excluding carboxylic acids is 1. The predicted octanol–water partition coefficient (Wildman–Crippen LogP) is 3.80. The molecule has 0 radical (unpaired) electrons. The Morgan fingerprint density at radius 1 is 0.886 bits per heavy atom. The third kappa shape index (κ3) is 5.69. The Morgan fingerprint density at radius 3 is 2.09 bits per heavy atom. The second-order valence-corrected chi connectivity index (χ2v) is 11.4. The highest BCUT2D eigenvalue weighted by molar-refractivity contribution is 5.78. The summed E-state index contributed by atoms with van der Waals surface area (Å²) in [5.41, 5.74) is 3.99. The van der Waals surface area contributed by atoms with Gasteiger partial charge in [0.15, 0.2) is 0 Å². The van der Waals surface area contributed by atoms with Crippen molar-refractivity contribution < 1.29 is 31.0 Å².